The molecule has 5 nitrogen and oxygen atoms in total. The SMILES string of the molecule is CC[C@H](C)N(C(=O)CN(C)CC(=O)Nc1ccccc1SC)[C@@H](C)CC. The number of benzene rings is 1. The van der Waals surface area contributed by atoms with E-state index in [2.05, 4.69) is 33.0 Å². The average Bonchev–Trinajstić information content (AvgIpc) is 2.61. The minimum atomic E-state index is -0.111. The summed E-state index contributed by atoms with van der Waals surface area (Å²) in [5, 5.41) is 2.94. The number of rotatable bonds is 10. The highest BCUT2D eigenvalue weighted by molar-refractivity contribution is 7.98. The summed E-state index contributed by atoms with van der Waals surface area (Å²) >= 11 is 1.59. The highest BCUT2D eigenvalue weighted by Gasteiger charge is 2.24. The zero-order valence-electron chi connectivity index (χ0n) is 16.9. The first kappa shape index (κ1) is 22.5. The fraction of sp³-hybridized carbons (Fsp3) is 0.600. The third-order valence-corrected chi connectivity index (χ3v) is 5.41. The number of para-hydroxylation sites is 1. The molecule has 0 saturated carbocycles. The fourth-order valence-corrected chi connectivity index (χ4v) is 3.42. The molecule has 1 N–H and O–H groups in total. The van der Waals surface area contributed by atoms with Crippen molar-refractivity contribution in [1.29, 1.82) is 0 Å². The molecule has 1 aromatic rings. The number of amides is 2. The van der Waals surface area contributed by atoms with Crippen molar-refractivity contribution in [3.8, 4) is 0 Å². The maximum atomic E-state index is 12.7. The van der Waals surface area contributed by atoms with E-state index in [1.54, 1.807) is 16.7 Å². The summed E-state index contributed by atoms with van der Waals surface area (Å²) < 4.78 is 0. The molecule has 146 valence electrons. The van der Waals surface area contributed by atoms with Crippen molar-refractivity contribution in [2.24, 2.45) is 0 Å². The average molecular weight is 380 g/mol. The number of hydrogen-bond donors (Lipinski definition) is 1. The van der Waals surface area contributed by atoms with E-state index in [0.29, 0.717) is 0 Å². The van der Waals surface area contributed by atoms with E-state index >= 15 is 0 Å². The molecule has 0 spiro atoms. The van der Waals surface area contributed by atoms with Gasteiger partial charge in [-0.25, -0.2) is 0 Å². The van der Waals surface area contributed by atoms with Gasteiger partial charge in [-0.2, -0.15) is 0 Å². The van der Waals surface area contributed by atoms with Crippen LogP contribution in [0.15, 0.2) is 29.2 Å². The van der Waals surface area contributed by atoms with Crippen LogP contribution in [0.1, 0.15) is 40.5 Å². The van der Waals surface area contributed by atoms with E-state index in [-0.39, 0.29) is 37.0 Å². The summed E-state index contributed by atoms with van der Waals surface area (Å²) in [4.78, 5) is 29.8. The molecule has 6 heteroatoms. The molecule has 0 aliphatic heterocycles. The van der Waals surface area contributed by atoms with Gasteiger partial charge < -0.3 is 10.2 Å². The van der Waals surface area contributed by atoms with Crippen molar-refractivity contribution in [1.82, 2.24) is 9.80 Å². The van der Waals surface area contributed by atoms with E-state index in [0.717, 1.165) is 23.4 Å². The van der Waals surface area contributed by atoms with E-state index < -0.39 is 0 Å². The normalized spacial score (nSPS) is 13.3. The predicted molar refractivity (Wildman–Crippen MR) is 111 cm³/mol. The Kier molecular flexibility index (Phi) is 9.73. The van der Waals surface area contributed by atoms with Crippen molar-refractivity contribution < 1.29 is 9.59 Å². The number of hydrogen-bond acceptors (Lipinski definition) is 4. The highest BCUT2D eigenvalue weighted by atomic mass is 32.2. The molecule has 0 aromatic heterocycles. The second kappa shape index (κ2) is 11.2. The zero-order valence-corrected chi connectivity index (χ0v) is 17.7. The maximum absolute atomic E-state index is 12.7. The van der Waals surface area contributed by atoms with E-state index in [4.69, 9.17) is 0 Å². The lowest BCUT2D eigenvalue weighted by Crippen LogP contribution is -2.49. The van der Waals surface area contributed by atoms with Crippen LogP contribution in [0.4, 0.5) is 5.69 Å². The van der Waals surface area contributed by atoms with Gasteiger partial charge in [0.2, 0.25) is 11.8 Å². The van der Waals surface area contributed by atoms with Gasteiger partial charge >= 0.3 is 0 Å². The van der Waals surface area contributed by atoms with Crippen LogP contribution in [0, 0.1) is 0 Å². The van der Waals surface area contributed by atoms with Gasteiger partial charge in [0, 0.05) is 17.0 Å². The van der Waals surface area contributed by atoms with Gasteiger partial charge in [-0.15, -0.1) is 11.8 Å². The van der Waals surface area contributed by atoms with Gasteiger partial charge in [0.25, 0.3) is 0 Å². The Morgan fingerprint density at radius 3 is 2.19 bits per heavy atom. The summed E-state index contributed by atoms with van der Waals surface area (Å²) in [6.45, 7) is 8.77. The van der Waals surface area contributed by atoms with Crippen LogP contribution in [0.2, 0.25) is 0 Å². The Bertz CT molecular complexity index is 584. The van der Waals surface area contributed by atoms with Crippen LogP contribution in [-0.4, -0.2) is 60.1 Å². The Morgan fingerprint density at radius 2 is 1.65 bits per heavy atom. The summed E-state index contributed by atoms with van der Waals surface area (Å²) in [6, 6.07) is 8.12. The molecular weight excluding hydrogens is 346 g/mol. The molecule has 2 amide bonds. The van der Waals surface area contributed by atoms with Crippen molar-refractivity contribution in [2.75, 3.05) is 31.7 Å². The van der Waals surface area contributed by atoms with E-state index in [9.17, 15) is 9.59 Å². The fourth-order valence-electron chi connectivity index (χ4n) is 2.87. The molecule has 0 heterocycles. The van der Waals surface area contributed by atoms with Crippen molar-refractivity contribution in [3.05, 3.63) is 24.3 Å². The number of nitrogens with one attached hydrogen (secondary N) is 1. The third-order valence-electron chi connectivity index (χ3n) is 4.62. The molecule has 2 atom stereocenters. The monoisotopic (exact) mass is 379 g/mol. The van der Waals surface area contributed by atoms with Gasteiger partial charge in [-0.05, 0) is 52.1 Å². The van der Waals surface area contributed by atoms with Gasteiger partial charge in [0.1, 0.15) is 0 Å². The molecule has 1 rings (SSSR count). The van der Waals surface area contributed by atoms with Crippen LogP contribution in [0.3, 0.4) is 0 Å². The number of carbonyl (C=O) groups excluding carboxylic acids is 2. The lowest BCUT2D eigenvalue weighted by Gasteiger charge is -2.35. The first-order valence-corrected chi connectivity index (χ1v) is 10.5. The van der Waals surface area contributed by atoms with Crippen LogP contribution in [0.25, 0.3) is 0 Å². The van der Waals surface area contributed by atoms with Gasteiger partial charge in [-0.1, -0.05) is 26.0 Å². The smallest absolute Gasteiger partial charge is 0.238 e. The van der Waals surface area contributed by atoms with E-state index in [1.165, 1.54) is 0 Å². The molecule has 1 aromatic carbocycles. The van der Waals surface area contributed by atoms with Gasteiger partial charge in [-0.3, -0.25) is 14.5 Å². The minimum Gasteiger partial charge on any atom is -0.336 e. The van der Waals surface area contributed by atoms with Crippen molar-refractivity contribution >= 4 is 29.3 Å². The minimum absolute atomic E-state index is 0.0773. The van der Waals surface area contributed by atoms with Crippen LogP contribution >= 0.6 is 11.8 Å². The number of thioether (sulfide) groups is 1. The molecule has 0 bridgehead atoms. The molecule has 0 aliphatic rings. The maximum Gasteiger partial charge on any atom is 0.238 e. The summed E-state index contributed by atoms with van der Waals surface area (Å²) in [6.07, 6.45) is 3.83. The van der Waals surface area contributed by atoms with Crippen LogP contribution in [-0.2, 0) is 9.59 Å². The molecule has 26 heavy (non-hydrogen) atoms. The number of nitrogens with zero attached hydrogens (tertiary/aromatic N) is 2. The molecule has 0 fully saturated rings. The molecule has 0 aliphatic carbocycles. The molecule has 0 unspecified atom stereocenters. The van der Waals surface area contributed by atoms with E-state index in [1.807, 2.05) is 42.5 Å². The second-order valence-corrected chi connectivity index (χ2v) is 7.58. The lowest BCUT2D eigenvalue weighted by molar-refractivity contribution is -0.136. The van der Waals surface area contributed by atoms with Crippen molar-refractivity contribution in [3.63, 3.8) is 0 Å². The number of anilines is 1. The Labute approximate surface area is 162 Å². The van der Waals surface area contributed by atoms with Gasteiger partial charge in [0.15, 0.2) is 0 Å². The Morgan fingerprint density at radius 1 is 1.08 bits per heavy atom. The first-order chi connectivity index (χ1) is 12.3. The molecular formula is C20H33N3O2S. The summed E-state index contributed by atoms with van der Waals surface area (Å²) in [5.41, 5.74) is 0.811. The summed E-state index contributed by atoms with van der Waals surface area (Å²) in [7, 11) is 1.81. The Hall–Kier alpha value is -1.53. The lowest BCUT2D eigenvalue weighted by atomic mass is 10.1. The van der Waals surface area contributed by atoms with Crippen LogP contribution < -0.4 is 5.32 Å². The topological polar surface area (TPSA) is 52.7 Å². The zero-order chi connectivity index (χ0) is 19.7. The number of carbonyl (C=O) groups is 2. The largest absolute Gasteiger partial charge is 0.336 e. The van der Waals surface area contributed by atoms with Crippen molar-refractivity contribution in [2.45, 2.75) is 57.5 Å². The second-order valence-electron chi connectivity index (χ2n) is 6.74. The van der Waals surface area contributed by atoms with Crippen LogP contribution in [0.5, 0.6) is 0 Å². The highest BCUT2D eigenvalue weighted by Crippen LogP contribution is 2.24. The molecule has 0 saturated heterocycles. The third kappa shape index (κ3) is 6.65. The first-order valence-electron chi connectivity index (χ1n) is 9.26. The number of likely N-dealkylation sites (N-methyl/N-ethyl adjacent to an activating group) is 1. The van der Waals surface area contributed by atoms with Gasteiger partial charge in [0.05, 0.1) is 18.8 Å². The quantitative estimate of drug-likeness (QED) is 0.630. The standard InChI is InChI=1S/C20H33N3O2S/c1-7-15(3)23(16(4)8-2)20(25)14-22(5)13-19(24)21-17-11-9-10-12-18(17)26-6/h9-12,15-16H,7-8,13-14H2,1-6H3,(H,21,24)/t15-,16-/m0/s1. The Balaban J connectivity index is 2.64. The summed E-state index contributed by atoms with van der Waals surface area (Å²) in [5.74, 6) is -0.0334. The molecule has 0 radical (unpaired) electrons. The predicted octanol–water partition coefficient (Wildman–Crippen LogP) is 3.70.